The predicted octanol–water partition coefficient (Wildman–Crippen LogP) is 4.98. The number of aliphatic hydroxyl groups is 1. The Morgan fingerprint density at radius 3 is 2.00 bits per heavy atom. The van der Waals surface area contributed by atoms with Crippen molar-refractivity contribution in [2.24, 2.45) is 23.2 Å². The van der Waals surface area contributed by atoms with Gasteiger partial charge in [-0.15, -0.1) is 0 Å². The monoisotopic (exact) mass is 290 g/mol. The maximum Gasteiger partial charge on any atom is 0.0795 e. The molecule has 1 aromatic rings. The molecule has 4 aliphatic carbocycles. The third-order valence-electron chi connectivity index (χ3n) is 6.05. The first-order valence-corrected chi connectivity index (χ1v) is 8.43. The zero-order valence-electron chi connectivity index (χ0n) is 11.9. The molecule has 1 aromatic carbocycles. The first kappa shape index (κ1) is 13.2. The molecule has 0 saturated heterocycles. The quantitative estimate of drug-likeness (QED) is 0.832. The molecule has 0 amide bonds. The van der Waals surface area contributed by atoms with E-state index in [1.54, 1.807) is 0 Å². The van der Waals surface area contributed by atoms with E-state index in [4.69, 9.17) is 11.6 Å². The highest BCUT2D eigenvalue weighted by atomic mass is 35.5. The highest BCUT2D eigenvalue weighted by molar-refractivity contribution is 6.30. The van der Waals surface area contributed by atoms with E-state index in [0.717, 1.165) is 34.8 Å². The molecule has 108 valence electrons. The van der Waals surface area contributed by atoms with E-state index in [9.17, 15) is 5.11 Å². The molecule has 1 nitrogen and oxygen atoms in total. The first-order valence-electron chi connectivity index (χ1n) is 8.05. The number of rotatable bonds is 3. The Kier molecular flexibility index (Phi) is 3.12. The Morgan fingerprint density at radius 2 is 1.50 bits per heavy atom. The van der Waals surface area contributed by atoms with E-state index in [1.807, 2.05) is 24.3 Å². The van der Waals surface area contributed by atoms with Gasteiger partial charge in [0.2, 0.25) is 0 Å². The van der Waals surface area contributed by atoms with Crippen LogP contribution < -0.4 is 0 Å². The summed E-state index contributed by atoms with van der Waals surface area (Å²) in [4.78, 5) is 0. The lowest BCUT2D eigenvalue weighted by molar-refractivity contribution is -0.0764. The highest BCUT2D eigenvalue weighted by Gasteiger charge is 2.51. The van der Waals surface area contributed by atoms with Crippen molar-refractivity contribution in [3.63, 3.8) is 0 Å². The van der Waals surface area contributed by atoms with Crippen LogP contribution in [0.2, 0.25) is 5.02 Å². The molecule has 20 heavy (non-hydrogen) atoms. The maximum atomic E-state index is 10.6. The zero-order valence-corrected chi connectivity index (χ0v) is 12.6. The predicted molar refractivity (Wildman–Crippen MR) is 81.6 cm³/mol. The number of benzene rings is 1. The van der Waals surface area contributed by atoms with Crippen molar-refractivity contribution in [2.75, 3.05) is 0 Å². The molecule has 4 bridgehead atoms. The lowest BCUT2D eigenvalue weighted by Gasteiger charge is -2.57. The fourth-order valence-corrected chi connectivity index (χ4v) is 5.88. The molecule has 4 fully saturated rings. The summed E-state index contributed by atoms with van der Waals surface area (Å²) < 4.78 is 0. The van der Waals surface area contributed by atoms with Crippen LogP contribution in [0.5, 0.6) is 0 Å². The summed E-state index contributed by atoms with van der Waals surface area (Å²) in [5, 5.41) is 11.4. The SMILES string of the molecule is OC(CC12CC3CC(CC(C3)C1)C2)c1ccc(Cl)cc1. The van der Waals surface area contributed by atoms with Gasteiger partial charge in [-0.2, -0.15) is 0 Å². The third kappa shape index (κ3) is 2.29. The summed E-state index contributed by atoms with van der Waals surface area (Å²) in [6.45, 7) is 0. The Morgan fingerprint density at radius 1 is 1.00 bits per heavy atom. The van der Waals surface area contributed by atoms with Gasteiger partial charge in [0.05, 0.1) is 6.10 Å². The van der Waals surface area contributed by atoms with Crippen molar-refractivity contribution in [2.45, 2.75) is 51.0 Å². The van der Waals surface area contributed by atoms with Gasteiger partial charge in [-0.05, 0) is 85.8 Å². The summed E-state index contributed by atoms with van der Waals surface area (Å²) >= 11 is 5.93. The molecule has 1 atom stereocenters. The average Bonchev–Trinajstić information content (AvgIpc) is 2.37. The zero-order chi connectivity index (χ0) is 13.7. The van der Waals surface area contributed by atoms with Gasteiger partial charge in [0.1, 0.15) is 0 Å². The molecule has 2 heteroatoms. The van der Waals surface area contributed by atoms with Crippen LogP contribution in [0.1, 0.15) is 56.6 Å². The molecule has 0 radical (unpaired) electrons. The van der Waals surface area contributed by atoms with Crippen LogP contribution in [0, 0.1) is 23.2 Å². The average molecular weight is 291 g/mol. The van der Waals surface area contributed by atoms with Gasteiger partial charge in [-0.25, -0.2) is 0 Å². The Hall–Kier alpha value is -0.530. The fourth-order valence-electron chi connectivity index (χ4n) is 5.75. The highest BCUT2D eigenvalue weighted by Crippen LogP contribution is 2.62. The molecule has 4 aliphatic rings. The van der Waals surface area contributed by atoms with Crippen molar-refractivity contribution in [3.8, 4) is 0 Å². The van der Waals surface area contributed by atoms with Gasteiger partial charge in [-0.3, -0.25) is 0 Å². The van der Waals surface area contributed by atoms with Crippen LogP contribution in [-0.2, 0) is 0 Å². The Labute approximate surface area is 126 Å². The second kappa shape index (κ2) is 4.74. The van der Waals surface area contributed by atoms with Gasteiger partial charge >= 0.3 is 0 Å². The van der Waals surface area contributed by atoms with Gasteiger partial charge in [0.25, 0.3) is 0 Å². The van der Waals surface area contributed by atoms with Gasteiger partial charge in [-0.1, -0.05) is 23.7 Å². The van der Waals surface area contributed by atoms with Crippen molar-refractivity contribution in [1.29, 1.82) is 0 Å². The molecule has 4 saturated carbocycles. The minimum Gasteiger partial charge on any atom is -0.388 e. The van der Waals surface area contributed by atoms with Gasteiger partial charge in [0.15, 0.2) is 0 Å². The van der Waals surface area contributed by atoms with E-state index < -0.39 is 0 Å². The van der Waals surface area contributed by atoms with Crippen LogP contribution in [0.25, 0.3) is 0 Å². The fraction of sp³-hybridized carbons (Fsp3) is 0.667. The van der Waals surface area contributed by atoms with E-state index in [2.05, 4.69) is 0 Å². The lowest BCUT2D eigenvalue weighted by Crippen LogP contribution is -2.46. The molecule has 0 spiro atoms. The third-order valence-corrected chi connectivity index (χ3v) is 6.30. The van der Waals surface area contributed by atoms with Crippen molar-refractivity contribution >= 4 is 11.6 Å². The number of hydrogen-bond donors (Lipinski definition) is 1. The van der Waals surface area contributed by atoms with E-state index in [-0.39, 0.29) is 6.10 Å². The molecule has 1 N–H and O–H groups in total. The maximum absolute atomic E-state index is 10.6. The standard InChI is InChI=1S/C18H23ClO/c19-16-3-1-15(2-4-16)17(20)11-18-8-12-5-13(9-18)7-14(6-12)10-18/h1-4,12-14,17,20H,5-11H2. The summed E-state index contributed by atoms with van der Waals surface area (Å²) in [5.74, 6) is 2.87. The van der Waals surface area contributed by atoms with E-state index in [0.29, 0.717) is 5.41 Å². The van der Waals surface area contributed by atoms with Crippen molar-refractivity contribution in [3.05, 3.63) is 34.9 Å². The lowest BCUT2D eigenvalue weighted by atomic mass is 9.48. The molecule has 0 aromatic heterocycles. The van der Waals surface area contributed by atoms with E-state index >= 15 is 0 Å². The topological polar surface area (TPSA) is 20.2 Å². The van der Waals surface area contributed by atoms with Gasteiger partial charge in [0, 0.05) is 5.02 Å². The molecular formula is C18H23ClO. The first-order chi connectivity index (χ1) is 9.62. The number of halogens is 1. The molecule has 1 unspecified atom stereocenters. The molecule has 0 aliphatic heterocycles. The minimum absolute atomic E-state index is 0.316. The van der Waals surface area contributed by atoms with Crippen LogP contribution in [0.15, 0.2) is 24.3 Å². The van der Waals surface area contributed by atoms with Crippen LogP contribution >= 0.6 is 11.6 Å². The summed E-state index contributed by atoms with van der Waals surface area (Å²) in [7, 11) is 0. The molecule has 5 rings (SSSR count). The smallest absolute Gasteiger partial charge is 0.0795 e. The molecular weight excluding hydrogens is 268 g/mol. The van der Waals surface area contributed by atoms with Gasteiger partial charge < -0.3 is 5.11 Å². The van der Waals surface area contributed by atoms with E-state index in [1.165, 1.54) is 38.5 Å². The minimum atomic E-state index is -0.316. The summed E-state index contributed by atoms with van der Waals surface area (Å²) in [6, 6.07) is 7.74. The largest absolute Gasteiger partial charge is 0.388 e. The Balaban J connectivity index is 1.52. The van der Waals surface area contributed by atoms with Crippen LogP contribution in [0.4, 0.5) is 0 Å². The number of hydrogen-bond acceptors (Lipinski definition) is 1. The normalized spacial score (nSPS) is 40.0. The summed E-state index contributed by atoms with van der Waals surface area (Å²) in [6.07, 6.45) is 9.14. The summed E-state index contributed by atoms with van der Waals surface area (Å²) in [5.41, 5.74) is 1.47. The van der Waals surface area contributed by atoms with Crippen molar-refractivity contribution < 1.29 is 5.11 Å². The van der Waals surface area contributed by atoms with Crippen LogP contribution in [0.3, 0.4) is 0 Å². The van der Waals surface area contributed by atoms with Crippen LogP contribution in [-0.4, -0.2) is 5.11 Å². The molecule has 0 heterocycles. The second-order valence-electron chi connectivity index (χ2n) is 7.69. The Bertz CT molecular complexity index is 457. The number of aliphatic hydroxyl groups excluding tert-OH is 1. The van der Waals surface area contributed by atoms with Crippen molar-refractivity contribution in [1.82, 2.24) is 0 Å². The second-order valence-corrected chi connectivity index (χ2v) is 8.13.